The van der Waals surface area contributed by atoms with Crippen molar-refractivity contribution in [3.05, 3.63) is 4.86 Å². The van der Waals surface area contributed by atoms with Crippen LogP contribution in [0.4, 0.5) is 206 Å². The van der Waals surface area contributed by atoms with Crippen LogP contribution < -0.4 is 0 Å². The van der Waals surface area contributed by atoms with E-state index in [0.29, 0.717) is 0 Å². The van der Waals surface area contributed by atoms with E-state index in [0.717, 1.165) is 0 Å². The Morgan fingerprint density at radius 1 is 0.175 bits per heavy atom. The number of nitrogens with zero attached hydrogens (tertiary/aromatic N) is 18. The largest absolute Gasteiger partial charge is 0.536 e. The zero-order valence-electron chi connectivity index (χ0n) is 53.6. The molecule has 708 valence electrons. The normalized spacial score (nSPS) is 32.5. The first kappa shape index (κ1) is 107. The molecule has 12 heterocycles. The quantitative estimate of drug-likeness (QED) is 0.161. The smallest absolute Gasteiger partial charge is 0.464 e. The van der Waals surface area contributed by atoms with Crippen LogP contribution >= 0.6 is 140 Å². The molecule has 0 aromatic rings. The molecule has 30 nitrogen and oxygen atoms in total. The molecule has 6 saturated heterocycles. The van der Waals surface area contributed by atoms with Gasteiger partial charge in [-0.15, -0.1) is 152 Å². The fourth-order valence-corrected chi connectivity index (χ4v) is 43.8. The molecule has 12 aliphatic heterocycles. The SMILES string of the molecule is FC1(F)COP2(=NP(F)(F)=NP(F)(F)=N2)OCC1(F)F.FC1(F)COP2(=NP(F)(F)=NP(F)(F)=N2)OCC1(F)F.FC1(F)COP2(=NP(F)(F)=NP(F)(F)=N2)OCC1(F)F.FC1(F)COP2(=NP(F)(F)=NP(F)(F)=N2)OCC1(F)F.FC1(F)COP2(=NP(F)(F)=NP(F)(F)=N2)OCC1(F)F.FC1(F)CO[P+]2(N=P(F)(F)[N-]P(F)(F)=N2)OCC1(F)F. The van der Waals surface area contributed by atoms with Crippen LogP contribution in [0.15, 0.2) is 76.8 Å². The summed E-state index contributed by atoms with van der Waals surface area (Å²) in [5, 5.41) is 0. The van der Waals surface area contributed by atoms with E-state index < -0.39 is 291 Å². The van der Waals surface area contributed by atoms with Crippen molar-refractivity contribution in [3.63, 3.8) is 0 Å². The lowest BCUT2D eigenvalue weighted by atomic mass is 10.2. The molecule has 12 aliphatic rings. The van der Waals surface area contributed by atoms with E-state index in [-0.39, 0.29) is 0 Å². The molecule has 0 bridgehead atoms. The summed E-state index contributed by atoms with van der Waals surface area (Å²) in [5.74, 6) is -57.4. The van der Waals surface area contributed by atoms with Gasteiger partial charge in [0, 0.05) is 0 Å². The van der Waals surface area contributed by atoms with Crippen LogP contribution in [0.25, 0.3) is 4.86 Å². The molecule has 96 heteroatoms. The molecule has 0 amide bonds. The van der Waals surface area contributed by atoms with E-state index in [2.05, 4.69) is 108 Å². The van der Waals surface area contributed by atoms with Gasteiger partial charge in [0.2, 0.25) is 0 Å². The molecule has 0 atom stereocenters. The molecular formula is C24H24F48N18O12P18. The Bertz CT molecular complexity index is 4280. The van der Waals surface area contributed by atoms with Crippen LogP contribution in [-0.2, 0) is 54.3 Å². The molecule has 0 radical (unpaired) electrons. The van der Waals surface area contributed by atoms with E-state index in [9.17, 15) is 206 Å². The highest BCUT2D eigenvalue weighted by atomic mass is 31.3. The van der Waals surface area contributed by atoms with Crippen LogP contribution in [0, 0.1) is 0 Å². The Morgan fingerprint density at radius 2 is 0.292 bits per heavy atom. The highest BCUT2D eigenvalue weighted by Gasteiger charge is 2.70. The van der Waals surface area contributed by atoms with Crippen molar-refractivity contribution in [2.24, 2.45) is 76.8 Å². The third-order valence-corrected chi connectivity index (χ3v) is 49.2. The lowest BCUT2D eigenvalue weighted by Crippen LogP contribution is -2.45. The highest BCUT2D eigenvalue weighted by Crippen LogP contribution is 2.92. The maximum Gasteiger partial charge on any atom is 0.536 e. The standard InChI is InChI=1S/6C4H4F8N3O2P3/c6*5-3(6)1-16-20(17-2-4(3,7)8)14-18(9,10)13-19(11,12)15-20/h6*1-2H2. The van der Waals surface area contributed by atoms with Gasteiger partial charge in [0.05, 0.1) is 0 Å². The summed E-state index contributed by atoms with van der Waals surface area (Å²) in [4.78, 5) is 1.81. The van der Waals surface area contributed by atoms with Crippen molar-refractivity contribution in [2.75, 3.05) is 79.3 Å². The molecule has 120 heavy (non-hydrogen) atoms. The molecule has 0 unspecified atom stereocenters. The Labute approximate surface area is 631 Å². The first-order chi connectivity index (χ1) is 52.7. The van der Waals surface area contributed by atoms with Crippen molar-refractivity contribution < 1.29 is 260 Å². The molecule has 6 fully saturated rings. The first-order valence-corrected chi connectivity index (χ1v) is 54.1. The van der Waals surface area contributed by atoms with Crippen LogP contribution in [0.2, 0.25) is 0 Å². The Hall–Kier alpha value is 0.460. The van der Waals surface area contributed by atoms with Crippen molar-refractivity contribution >= 4 is 140 Å². The van der Waals surface area contributed by atoms with Gasteiger partial charge in [-0.1, -0.05) is 0 Å². The molecular weight excluding hydrogens is 2200 g/mol. The third-order valence-electron chi connectivity index (χ3n) is 12.1. The highest BCUT2D eigenvalue weighted by molar-refractivity contribution is 7.88. The topological polar surface area (TPSA) is 335 Å². The lowest BCUT2D eigenvalue weighted by Gasteiger charge is -2.28. The summed E-state index contributed by atoms with van der Waals surface area (Å²) in [6.07, 6.45) is 0. The molecule has 12 rings (SSSR count). The van der Waals surface area contributed by atoms with E-state index >= 15 is 0 Å². The summed E-state index contributed by atoms with van der Waals surface area (Å²) in [7, 11) is -101. The number of hydrogen-bond acceptors (Lipinski definition) is 29. The van der Waals surface area contributed by atoms with Gasteiger partial charge in [0.15, 0.2) is 13.2 Å². The first-order valence-electron chi connectivity index (χ1n) is 27.2. The molecule has 0 aromatic heterocycles. The number of hydrogen-bond donors (Lipinski definition) is 0. The van der Waals surface area contributed by atoms with Crippen LogP contribution in [0.5, 0.6) is 0 Å². The molecule has 0 aliphatic carbocycles. The minimum Gasteiger partial charge on any atom is -0.464 e. The summed E-state index contributed by atoms with van der Waals surface area (Å²) < 4.78 is 709. The Kier molecular flexibility index (Phi) is 30.3. The maximum absolute atomic E-state index is 13.0. The van der Waals surface area contributed by atoms with Gasteiger partial charge < -0.3 is 4.86 Å². The lowest BCUT2D eigenvalue weighted by molar-refractivity contribution is -0.222. The van der Waals surface area contributed by atoms with Crippen molar-refractivity contribution in [3.8, 4) is 0 Å². The molecule has 0 N–H and O–H groups in total. The minimum atomic E-state index is -5.93. The number of halogens is 48. The van der Waals surface area contributed by atoms with Gasteiger partial charge in [-0.2, -0.15) is 131 Å². The van der Waals surface area contributed by atoms with Gasteiger partial charge in [-0.05, 0) is 9.03 Å². The minimum absolute atomic E-state index is 1.81. The number of alkyl halides is 24. The van der Waals surface area contributed by atoms with Gasteiger partial charge in [0.25, 0.3) is 15.7 Å². The monoisotopic (exact) mass is 2230 g/mol. The molecule has 0 aromatic carbocycles. The van der Waals surface area contributed by atoms with Crippen LogP contribution in [0.1, 0.15) is 0 Å². The van der Waals surface area contributed by atoms with E-state index in [4.69, 9.17) is 0 Å². The fourth-order valence-electron chi connectivity index (χ4n) is 6.82. The van der Waals surface area contributed by atoms with Crippen molar-refractivity contribution in [1.82, 2.24) is 0 Å². The second kappa shape index (κ2) is 33.9. The molecule has 6 spiro atoms. The van der Waals surface area contributed by atoms with Crippen molar-refractivity contribution in [1.29, 1.82) is 0 Å². The second-order valence-corrected chi connectivity index (χ2v) is 54.6. The predicted molar refractivity (Wildman–Crippen MR) is 327 cm³/mol. The summed E-state index contributed by atoms with van der Waals surface area (Å²) >= 11 is 0. The van der Waals surface area contributed by atoms with E-state index in [1.807, 2.05) is 27.4 Å². The fraction of sp³-hybridized carbons (Fsp3) is 1.00. The number of rotatable bonds is 0. The Morgan fingerprint density at radius 3 is 0.417 bits per heavy atom. The van der Waals surface area contributed by atoms with Crippen molar-refractivity contribution in [2.45, 2.75) is 71.1 Å². The van der Waals surface area contributed by atoms with Gasteiger partial charge in [-0.25, -0.2) is 0 Å². The molecule has 0 saturated carbocycles. The third kappa shape index (κ3) is 26.9. The summed E-state index contributed by atoms with van der Waals surface area (Å²) in [5.41, 5.74) is 0. The van der Waals surface area contributed by atoms with Crippen LogP contribution in [-0.4, -0.2) is 150 Å². The average Bonchev–Trinajstić information content (AvgIpc) is 1.60. The predicted octanol–water partition coefficient (Wildman–Crippen LogP) is 36.3. The average molecular weight is 2230 g/mol. The van der Waals surface area contributed by atoms with Gasteiger partial charge in [-0.3, -0.25) is 45.2 Å². The van der Waals surface area contributed by atoms with Gasteiger partial charge >= 0.3 is 196 Å². The van der Waals surface area contributed by atoms with E-state index in [1.165, 1.54) is 0 Å². The van der Waals surface area contributed by atoms with Gasteiger partial charge in [0.1, 0.15) is 66.1 Å². The Balaban J connectivity index is 0.000000198. The summed E-state index contributed by atoms with van der Waals surface area (Å²) in [6.45, 7) is -25.3. The second-order valence-electron chi connectivity index (χ2n) is 21.8. The summed E-state index contributed by atoms with van der Waals surface area (Å²) in [6, 6.07) is 0. The van der Waals surface area contributed by atoms with E-state index in [1.54, 1.807) is 0 Å². The van der Waals surface area contributed by atoms with Crippen LogP contribution in [0.3, 0.4) is 0 Å². The maximum atomic E-state index is 13.0. The zero-order chi connectivity index (χ0) is 92.7. The zero-order valence-corrected chi connectivity index (χ0v) is 69.7.